The quantitative estimate of drug-likeness (QED) is 0.661. The topological polar surface area (TPSA) is 68.1 Å². The van der Waals surface area contributed by atoms with E-state index in [0.29, 0.717) is 23.1 Å². The molecule has 0 amide bonds. The first-order chi connectivity index (χ1) is 12.4. The van der Waals surface area contributed by atoms with Gasteiger partial charge >= 0.3 is 0 Å². The molecule has 0 saturated heterocycles. The third-order valence-electron chi connectivity index (χ3n) is 4.42. The van der Waals surface area contributed by atoms with Crippen LogP contribution in [-0.2, 0) is 16.6 Å². The zero-order valence-electron chi connectivity index (χ0n) is 14.9. The first-order valence-corrected chi connectivity index (χ1v) is 9.93. The molecule has 2 heterocycles. The van der Waals surface area contributed by atoms with Crippen molar-refractivity contribution in [2.45, 2.75) is 38.4 Å². The number of rotatable bonds is 6. The van der Waals surface area contributed by atoms with E-state index in [1.54, 1.807) is 49.0 Å². The van der Waals surface area contributed by atoms with Gasteiger partial charge in [-0.05, 0) is 43.7 Å². The van der Waals surface area contributed by atoms with Crippen molar-refractivity contribution < 1.29 is 12.8 Å². The molecule has 0 radical (unpaired) electrons. The summed E-state index contributed by atoms with van der Waals surface area (Å²) in [7, 11) is -3.86. The number of fused-ring (bicyclic) bond motifs is 1. The van der Waals surface area contributed by atoms with Crippen LogP contribution in [-0.4, -0.2) is 34.0 Å². The van der Waals surface area contributed by atoms with Gasteiger partial charge in [0.15, 0.2) is 5.65 Å². The van der Waals surface area contributed by atoms with Crippen molar-refractivity contribution in [2.24, 2.45) is 0 Å². The van der Waals surface area contributed by atoms with Crippen LogP contribution >= 0.6 is 0 Å². The van der Waals surface area contributed by atoms with E-state index < -0.39 is 16.1 Å². The van der Waals surface area contributed by atoms with Crippen molar-refractivity contribution in [1.82, 2.24) is 19.1 Å². The molecule has 0 aliphatic carbocycles. The van der Waals surface area contributed by atoms with E-state index in [-0.39, 0.29) is 17.4 Å². The fourth-order valence-electron chi connectivity index (χ4n) is 3.06. The lowest BCUT2D eigenvalue weighted by molar-refractivity contribution is 0.355. The highest BCUT2D eigenvalue weighted by Gasteiger charge is 2.33. The average molecular weight is 376 g/mol. The van der Waals surface area contributed by atoms with Gasteiger partial charge in [0.25, 0.3) is 10.0 Å². The van der Waals surface area contributed by atoms with Crippen LogP contribution in [0.15, 0.2) is 47.6 Å². The number of pyridine rings is 1. The molecule has 0 unspecified atom stereocenters. The number of benzene rings is 1. The molecule has 2 aromatic heterocycles. The second-order valence-corrected chi connectivity index (χ2v) is 7.74. The highest BCUT2D eigenvalue weighted by atomic mass is 32.2. The van der Waals surface area contributed by atoms with Crippen molar-refractivity contribution in [3.8, 4) is 0 Å². The van der Waals surface area contributed by atoms with Crippen molar-refractivity contribution >= 4 is 21.1 Å². The Hall–Kier alpha value is -2.32. The molecule has 6 nitrogen and oxygen atoms in total. The van der Waals surface area contributed by atoms with Crippen LogP contribution in [0.3, 0.4) is 0 Å². The Kier molecular flexibility index (Phi) is 5.06. The molecular formula is C18H21FN4O2S. The fourth-order valence-corrected chi connectivity index (χ4v) is 4.80. The summed E-state index contributed by atoms with van der Waals surface area (Å²) in [4.78, 5) is 4.26. The zero-order valence-corrected chi connectivity index (χ0v) is 15.7. The average Bonchev–Trinajstić information content (AvgIpc) is 3.02. The molecule has 3 aromatic rings. The summed E-state index contributed by atoms with van der Waals surface area (Å²) in [5, 5.41) is 4.80. The van der Waals surface area contributed by atoms with Gasteiger partial charge in [-0.15, -0.1) is 0 Å². The fraction of sp³-hybridized carbons (Fsp3) is 0.333. The van der Waals surface area contributed by atoms with E-state index in [1.165, 1.54) is 16.4 Å². The first-order valence-electron chi connectivity index (χ1n) is 8.49. The zero-order chi connectivity index (χ0) is 18.9. The van der Waals surface area contributed by atoms with Crippen molar-refractivity contribution in [2.75, 3.05) is 6.54 Å². The molecule has 0 fully saturated rings. The van der Waals surface area contributed by atoms with Gasteiger partial charge in [-0.25, -0.2) is 22.5 Å². The van der Waals surface area contributed by atoms with E-state index in [0.717, 1.165) is 0 Å². The Morgan fingerprint density at radius 2 is 1.88 bits per heavy atom. The molecule has 0 N–H and O–H groups in total. The molecule has 138 valence electrons. The maximum absolute atomic E-state index is 13.3. The summed E-state index contributed by atoms with van der Waals surface area (Å²) in [6, 6.07) is 8.82. The van der Waals surface area contributed by atoms with Gasteiger partial charge in [0.2, 0.25) is 5.03 Å². The summed E-state index contributed by atoms with van der Waals surface area (Å²) in [6.45, 7) is 6.22. The minimum Gasteiger partial charge on any atom is -0.246 e. The molecule has 1 aromatic carbocycles. The highest BCUT2D eigenvalue weighted by molar-refractivity contribution is 7.89. The molecule has 0 spiro atoms. The molecular weight excluding hydrogens is 355 g/mol. The summed E-state index contributed by atoms with van der Waals surface area (Å²) < 4.78 is 42.8. The molecule has 1 atom stereocenters. The van der Waals surface area contributed by atoms with Crippen LogP contribution in [0.25, 0.3) is 11.0 Å². The van der Waals surface area contributed by atoms with Crippen LogP contribution < -0.4 is 0 Å². The number of nitrogens with zero attached hydrogens (tertiary/aromatic N) is 4. The lowest BCUT2D eigenvalue weighted by atomic mass is 10.1. The van der Waals surface area contributed by atoms with Gasteiger partial charge in [-0.3, -0.25) is 0 Å². The van der Waals surface area contributed by atoms with Gasteiger partial charge in [-0.1, -0.05) is 19.1 Å². The Balaban J connectivity index is 2.09. The maximum Gasteiger partial charge on any atom is 0.263 e. The Bertz CT molecular complexity index is 1020. The summed E-state index contributed by atoms with van der Waals surface area (Å²) >= 11 is 0. The van der Waals surface area contributed by atoms with Crippen LogP contribution in [0.5, 0.6) is 0 Å². The second-order valence-electron chi connectivity index (χ2n) is 5.93. The highest BCUT2D eigenvalue weighted by Crippen LogP contribution is 2.30. The number of hydrogen-bond donors (Lipinski definition) is 0. The lowest BCUT2D eigenvalue weighted by Gasteiger charge is -2.26. The third kappa shape index (κ3) is 3.10. The number of hydrogen-bond acceptors (Lipinski definition) is 4. The van der Waals surface area contributed by atoms with Gasteiger partial charge in [0.1, 0.15) is 5.82 Å². The summed E-state index contributed by atoms with van der Waals surface area (Å²) in [6.07, 6.45) is 1.62. The third-order valence-corrected chi connectivity index (χ3v) is 6.40. The minimum absolute atomic E-state index is 0.00161. The minimum atomic E-state index is -3.86. The van der Waals surface area contributed by atoms with Crippen LogP contribution in [0, 0.1) is 5.82 Å². The monoisotopic (exact) mass is 376 g/mol. The van der Waals surface area contributed by atoms with E-state index in [9.17, 15) is 12.8 Å². The largest absolute Gasteiger partial charge is 0.263 e. The predicted octanol–water partition coefficient (Wildman–Crippen LogP) is 3.36. The van der Waals surface area contributed by atoms with E-state index in [2.05, 4.69) is 10.1 Å². The molecule has 3 rings (SSSR count). The van der Waals surface area contributed by atoms with Crippen LogP contribution in [0.2, 0.25) is 0 Å². The smallest absolute Gasteiger partial charge is 0.246 e. The van der Waals surface area contributed by atoms with E-state index in [1.807, 2.05) is 6.92 Å². The predicted molar refractivity (Wildman–Crippen MR) is 97.6 cm³/mol. The Morgan fingerprint density at radius 1 is 1.19 bits per heavy atom. The van der Waals surface area contributed by atoms with E-state index >= 15 is 0 Å². The van der Waals surface area contributed by atoms with Gasteiger partial charge < -0.3 is 0 Å². The van der Waals surface area contributed by atoms with Crippen LogP contribution in [0.4, 0.5) is 4.39 Å². The molecule has 26 heavy (non-hydrogen) atoms. The van der Waals surface area contributed by atoms with Gasteiger partial charge in [-0.2, -0.15) is 9.40 Å². The maximum atomic E-state index is 13.3. The van der Waals surface area contributed by atoms with Crippen molar-refractivity contribution in [1.29, 1.82) is 0 Å². The molecule has 0 saturated carbocycles. The van der Waals surface area contributed by atoms with E-state index in [4.69, 9.17) is 0 Å². The number of aryl methyl sites for hydroxylation is 1. The normalized spacial score (nSPS) is 13.4. The van der Waals surface area contributed by atoms with Crippen LogP contribution in [0.1, 0.15) is 32.4 Å². The number of halogens is 1. The Morgan fingerprint density at radius 3 is 2.50 bits per heavy atom. The molecule has 8 heteroatoms. The van der Waals surface area contributed by atoms with Gasteiger partial charge in [0, 0.05) is 25.3 Å². The molecule has 0 aliphatic heterocycles. The van der Waals surface area contributed by atoms with Crippen molar-refractivity contribution in [3.05, 3.63) is 54.0 Å². The Labute approximate surface area is 152 Å². The summed E-state index contributed by atoms with van der Waals surface area (Å²) in [5.74, 6) is -0.356. The molecule has 0 bridgehead atoms. The number of aromatic nitrogens is 3. The molecule has 0 aliphatic rings. The van der Waals surface area contributed by atoms with Gasteiger partial charge in [0.05, 0.1) is 5.39 Å². The number of sulfonamides is 1. The standard InChI is InChI=1S/C18H21FN4O2S/c1-4-22-17-16(7-6-12-20-17)18(21-22)26(24,25)23(5-2)13(3)14-8-10-15(19)11-9-14/h6-13H,4-5H2,1-3H3/t13-/m0/s1. The summed E-state index contributed by atoms with van der Waals surface area (Å²) in [5.41, 5.74) is 1.26. The lowest BCUT2D eigenvalue weighted by Crippen LogP contribution is -2.34. The first kappa shape index (κ1) is 18.5. The van der Waals surface area contributed by atoms with Crippen molar-refractivity contribution in [3.63, 3.8) is 0 Å². The second kappa shape index (κ2) is 7.13. The SMILES string of the molecule is CCN([C@@H](C)c1ccc(F)cc1)S(=O)(=O)c1nn(CC)c2ncccc12.